The molecule has 1 aliphatic heterocycles. The fourth-order valence-corrected chi connectivity index (χ4v) is 2.32. The first kappa shape index (κ1) is 11.0. The second-order valence-electron chi connectivity index (χ2n) is 4.58. The fraction of sp³-hybridized carbons (Fsp3) is 0.133. The normalized spacial score (nSPS) is 21.6. The van der Waals surface area contributed by atoms with Gasteiger partial charge in [-0.05, 0) is 13.0 Å². The minimum absolute atomic E-state index is 0.242. The number of nitrogens with one attached hydrogen (secondary N) is 1. The summed E-state index contributed by atoms with van der Waals surface area (Å²) in [6.07, 6.45) is 0. The lowest BCUT2D eigenvalue weighted by Crippen LogP contribution is -2.40. The highest BCUT2D eigenvalue weighted by Gasteiger charge is 2.42. The molecule has 90 valence electrons. The van der Waals surface area contributed by atoms with Crippen molar-refractivity contribution in [3.63, 3.8) is 0 Å². The Labute approximate surface area is 105 Å². The molecule has 2 N–H and O–H groups in total. The van der Waals surface area contributed by atoms with Gasteiger partial charge in [-0.15, -0.1) is 0 Å². The number of carbonyl (C=O) groups is 1. The van der Waals surface area contributed by atoms with Crippen molar-refractivity contribution in [3.05, 3.63) is 70.8 Å². The molecule has 3 heteroatoms. The van der Waals surface area contributed by atoms with Gasteiger partial charge in [0.25, 0.3) is 5.91 Å². The maximum absolute atomic E-state index is 11.9. The van der Waals surface area contributed by atoms with Crippen molar-refractivity contribution >= 4 is 5.91 Å². The van der Waals surface area contributed by atoms with Crippen LogP contribution in [0.1, 0.15) is 27.0 Å². The lowest BCUT2D eigenvalue weighted by molar-refractivity contribution is 0.0476. The van der Waals surface area contributed by atoms with Gasteiger partial charge in [0, 0.05) is 16.7 Å². The average Bonchev–Trinajstić information content (AvgIpc) is 2.64. The lowest BCUT2D eigenvalue weighted by atomic mass is 9.94. The number of fused-ring (bicyclic) bond motifs is 1. The predicted molar refractivity (Wildman–Crippen MR) is 68.1 cm³/mol. The van der Waals surface area contributed by atoms with Gasteiger partial charge in [0.05, 0.1) is 0 Å². The van der Waals surface area contributed by atoms with Crippen LogP contribution in [0.2, 0.25) is 0 Å². The van der Waals surface area contributed by atoms with Crippen molar-refractivity contribution in [1.29, 1.82) is 0 Å². The third-order valence-electron chi connectivity index (χ3n) is 3.33. The molecule has 3 nitrogen and oxygen atoms in total. The van der Waals surface area contributed by atoms with Gasteiger partial charge in [-0.2, -0.15) is 0 Å². The third-order valence-corrected chi connectivity index (χ3v) is 3.33. The molecule has 0 bridgehead atoms. The highest BCUT2D eigenvalue weighted by atomic mass is 16.3. The molecular weight excluding hydrogens is 226 g/mol. The SMILES string of the molecule is Cc1ccc([C@]2(O)NC(=O)c3ccccc32)cc1. The molecule has 1 atom stereocenters. The van der Waals surface area contributed by atoms with Crippen LogP contribution in [0.15, 0.2) is 48.5 Å². The van der Waals surface area contributed by atoms with Crippen LogP contribution in [0.5, 0.6) is 0 Å². The highest BCUT2D eigenvalue weighted by Crippen LogP contribution is 2.34. The molecular formula is C15H13NO2. The molecule has 0 aliphatic carbocycles. The van der Waals surface area contributed by atoms with Gasteiger partial charge in [0.15, 0.2) is 5.72 Å². The van der Waals surface area contributed by atoms with Crippen molar-refractivity contribution < 1.29 is 9.90 Å². The van der Waals surface area contributed by atoms with Gasteiger partial charge in [-0.3, -0.25) is 4.79 Å². The lowest BCUT2D eigenvalue weighted by Gasteiger charge is -2.24. The quantitative estimate of drug-likeness (QED) is 0.799. The average molecular weight is 239 g/mol. The number of benzene rings is 2. The molecule has 1 heterocycles. The van der Waals surface area contributed by atoms with Gasteiger partial charge in [-0.1, -0.05) is 48.0 Å². The summed E-state index contributed by atoms with van der Waals surface area (Å²) in [7, 11) is 0. The molecule has 3 rings (SSSR count). The Morgan fingerprint density at radius 3 is 2.44 bits per heavy atom. The predicted octanol–water partition coefficient (Wildman–Crippen LogP) is 1.93. The van der Waals surface area contributed by atoms with E-state index in [9.17, 15) is 9.90 Å². The van der Waals surface area contributed by atoms with E-state index in [1.54, 1.807) is 18.2 Å². The minimum atomic E-state index is -1.42. The van der Waals surface area contributed by atoms with E-state index in [0.717, 1.165) is 5.56 Å². The Hall–Kier alpha value is -2.13. The third kappa shape index (κ3) is 1.45. The van der Waals surface area contributed by atoms with Crippen LogP contribution in [0, 0.1) is 6.92 Å². The van der Waals surface area contributed by atoms with Crippen LogP contribution in [0.25, 0.3) is 0 Å². The van der Waals surface area contributed by atoms with Crippen molar-refractivity contribution in [2.24, 2.45) is 0 Å². The van der Waals surface area contributed by atoms with E-state index < -0.39 is 5.72 Å². The van der Waals surface area contributed by atoms with Crippen LogP contribution in [-0.2, 0) is 5.72 Å². The van der Waals surface area contributed by atoms with Crippen LogP contribution >= 0.6 is 0 Å². The van der Waals surface area contributed by atoms with Crippen molar-refractivity contribution in [1.82, 2.24) is 5.32 Å². The zero-order valence-corrected chi connectivity index (χ0v) is 9.97. The number of hydrogen-bond acceptors (Lipinski definition) is 2. The van der Waals surface area contributed by atoms with E-state index in [2.05, 4.69) is 5.32 Å². The number of carbonyl (C=O) groups excluding carboxylic acids is 1. The van der Waals surface area contributed by atoms with E-state index in [0.29, 0.717) is 16.7 Å². The summed E-state index contributed by atoms with van der Waals surface area (Å²) in [5, 5.41) is 13.4. The second-order valence-corrected chi connectivity index (χ2v) is 4.58. The molecule has 0 aromatic heterocycles. The maximum Gasteiger partial charge on any atom is 0.254 e. The number of amides is 1. The van der Waals surface area contributed by atoms with E-state index in [-0.39, 0.29) is 5.91 Å². The molecule has 0 unspecified atom stereocenters. The Balaban J connectivity index is 2.17. The zero-order chi connectivity index (χ0) is 12.8. The topological polar surface area (TPSA) is 49.3 Å². The molecule has 18 heavy (non-hydrogen) atoms. The fourth-order valence-electron chi connectivity index (χ4n) is 2.32. The Morgan fingerprint density at radius 1 is 1.06 bits per heavy atom. The molecule has 0 radical (unpaired) electrons. The minimum Gasteiger partial charge on any atom is -0.363 e. The summed E-state index contributed by atoms with van der Waals surface area (Å²) in [5.41, 5.74) is 1.51. The first-order valence-corrected chi connectivity index (χ1v) is 5.83. The van der Waals surface area contributed by atoms with E-state index in [1.807, 2.05) is 37.3 Å². The molecule has 0 spiro atoms. The largest absolute Gasteiger partial charge is 0.363 e. The molecule has 0 saturated carbocycles. The summed E-state index contributed by atoms with van der Waals surface area (Å²) in [6, 6.07) is 14.6. The van der Waals surface area contributed by atoms with E-state index >= 15 is 0 Å². The van der Waals surface area contributed by atoms with Crippen LogP contribution in [-0.4, -0.2) is 11.0 Å². The molecule has 0 saturated heterocycles. The first-order valence-electron chi connectivity index (χ1n) is 5.83. The van der Waals surface area contributed by atoms with Crippen molar-refractivity contribution in [3.8, 4) is 0 Å². The van der Waals surface area contributed by atoms with Gasteiger partial charge in [0.2, 0.25) is 0 Å². The number of aryl methyl sites for hydroxylation is 1. The van der Waals surface area contributed by atoms with Gasteiger partial charge < -0.3 is 10.4 Å². The molecule has 1 amide bonds. The molecule has 1 aliphatic rings. The summed E-state index contributed by atoms with van der Waals surface area (Å²) in [6.45, 7) is 1.98. The summed E-state index contributed by atoms with van der Waals surface area (Å²) < 4.78 is 0. The van der Waals surface area contributed by atoms with Crippen LogP contribution in [0.4, 0.5) is 0 Å². The van der Waals surface area contributed by atoms with Crippen LogP contribution < -0.4 is 5.32 Å². The number of aliphatic hydroxyl groups is 1. The second kappa shape index (κ2) is 3.68. The molecule has 2 aromatic rings. The molecule has 0 fully saturated rings. The Morgan fingerprint density at radius 2 is 1.72 bits per heavy atom. The highest BCUT2D eigenvalue weighted by molar-refractivity contribution is 6.00. The maximum atomic E-state index is 11.9. The summed E-state index contributed by atoms with van der Waals surface area (Å²) >= 11 is 0. The van der Waals surface area contributed by atoms with Gasteiger partial charge in [-0.25, -0.2) is 0 Å². The van der Waals surface area contributed by atoms with Gasteiger partial charge in [0.1, 0.15) is 0 Å². The number of rotatable bonds is 1. The Kier molecular flexibility index (Phi) is 2.25. The van der Waals surface area contributed by atoms with E-state index in [4.69, 9.17) is 0 Å². The van der Waals surface area contributed by atoms with E-state index in [1.165, 1.54) is 0 Å². The summed E-state index contributed by atoms with van der Waals surface area (Å²) in [5.74, 6) is -0.242. The van der Waals surface area contributed by atoms with Crippen molar-refractivity contribution in [2.75, 3.05) is 0 Å². The monoisotopic (exact) mass is 239 g/mol. The van der Waals surface area contributed by atoms with Crippen LogP contribution in [0.3, 0.4) is 0 Å². The summed E-state index contributed by atoms with van der Waals surface area (Å²) in [4.78, 5) is 11.9. The van der Waals surface area contributed by atoms with Crippen molar-refractivity contribution in [2.45, 2.75) is 12.6 Å². The standard InChI is InChI=1S/C15H13NO2/c1-10-6-8-11(9-7-10)15(18)13-5-3-2-4-12(13)14(17)16-15/h2-9,18H,1H3,(H,16,17)/t15-/m1/s1. The Bertz CT molecular complexity index is 619. The molecule has 2 aromatic carbocycles. The smallest absolute Gasteiger partial charge is 0.254 e. The first-order chi connectivity index (χ1) is 8.61. The van der Waals surface area contributed by atoms with Gasteiger partial charge >= 0.3 is 0 Å². The zero-order valence-electron chi connectivity index (χ0n) is 9.97. The number of hydrogen-bond donors (Lipinski definition) is 2.